The Bertz CT molecular complexity index is 821. The van der Waals surface area contributed by atoms with Gasteiger partial charge in [-0.1, -0.05) is 26.0 Å². The number of fused-ring (bicyclic) bond motifs is 1. The third-order valence-corrected chi connectivity index (χ3v) is 8.05. The van der Waals surface area contributed by atoms with Crippen LogP contribution in [-0.2, 0) is 9.59 Å². The first kappa shape index (κ1) is 25.6. The number of likely N-dealkylation sites (N-methyl/N-ethyl adjacent to an activating group) is 1. The fourth-order valence-corrected chi connectivity index (χ4v) is 6.32. The zero-order valence-electron chi connectivity index (χ0n) is 20.5. The summed E-state index contributed by atoms with van der Waals surface area (Å²) in [6, 6.07) is 7.86. The molecule has 3 unspecified atom stereocenters. The minimum atomic E-state index is -0.0139. The van der Waals surface area contributed by atoms with Crippen LogP contribution < -0.4 is 10.1 Å². The van der Waals surface area contributed by atoms with Gasteiger partial charge in [0.1, 0.15) is 5.75 Å². The Balaban J connectivity index is 1.55. The van der Waals surface area contributed by atoms with Gasteiger partial charge in [-0.05, 0) is 69.0 Å². The van der Waals surface area contributed by atoms with Gasteiger partial charge < -0.3 is 19.9 Å². The average Bonchev–Trinajstić information content (AvgIpc) is 2.83. The lowest BCUT2D eigenvalue weighted by Gasteiger charge is -2.44. The number of carbonyl (C=O) groups excluding carboxylic acids is 2. The maximum atomic E-state index is 13.1. The Morgan fingerprint density at radius 3 is 2.52 bits per heavy atom. The number of nitrogens with zero attached hydrogens (tertiary/aromatic N) is 2. The van der Waals surface area contributed by atoms with E-state index in [0.29, 0.717) is 11.8 Å². The lowest BCUT2D eigenvalue weighted by molar-refractivity contribution is -0.131. The van der Waals surface area contributed by atoms with Crippen LogP contribution in [0.3, 0.4) is 0 Å². The topological polar surface area (TPSA) is 61.9 Å². The van der Waals surface area contributed by atoms with E-state index in [0.717, 1.165) is 68.0 Å². The molecule has 0 radical (unpaired) electrons. The molecular weight excluding hydrogens is 434 g/mol. The summed E-state index contributed by atoms with van der Waals surface area (Å²) in [5.74, 6) is 0.983. The number of carbonyl (C=O) groups is 2. The third-order valence-electron chi connectivity index (χ3n) is 6.65. The molecule has 1 aromatic rings. The quantitative estimate of drug-likeness (QED) is 0.520. The van der Waals surface area contributed by atoms with Gasteiger partial charge in [-0.2, -0.15) is 0 Å². The average molecular weight is 474 g/mol. The number of amides is 2. The van der Waals surface area contributed by atoms with E-state index in [4.69, 9.17) is 4.74 Å². The van der Waals surface area contributed by atoms with E-state index in [2.05, 4.69) is 24.1 Å². The first-order valence-electron chi connectivity index (χ1n) is 12.3. The molecule has 1 saturated carbocycles. The van der Waals surface area contributed by atoms with Crippen LogP contribution in [0.5, 0.6) is 5.75 Å². The second-order valence-electron chi connectivity index (χ2n) is 9.06. The number of methoxy groups -OCH3 is 1. The number of rotatable bonds is 10. The predicted octanol–water partition coefficient (Wildman–Crippen LogP) is 4.02. The standard InChI is InChI=1S/C26H39N3O3S/c1-5-14-29(15-6-2)16-13-27-25(30)20-9-12-23-22(18-20)28(3)26(31)24(33-23)17-19-7-10-21(32-4)11-8-19/h7-8,10-11,17,20,22-23H,5-6,9,12-16,18H2,1-4H3,(H,27,30)/b24-17-. The minimum Gasteiger partial charge on any atom is -0.497 e. The van der Waals surface area contributed by atoms with Crippen molar-refractivity contribution in [3.63, 3.8) is 0 Å². The second-order valence-corrected chi connectivity index (χ2v) is 10.3. The number of hydrogen-bond donors (Lipinski definition) is 1. The Labute approximate surface area is 203 Å². The van der Waals surface area contributed by atoms with Gasteiger partial charge in [0.15, 0.2) is 0 Å². The summed E-state index contributed by atoms with van der Waals surface area (Å²) in [4.78, 5) is 31.0. The minimum absolute atomic E-state index is 0.0139. The summed E-state index contributed by atoms with van der Waals surface area (Å²) in [5.41, 5.74) is 0.992. The van der Waals surface area contributed by atoms with E-state index in [-0.39, 0.29) is 23.8 Å². The number of nitrogens with one attached hydrogen (secondary N) is 1. The van der Waals surface area contributed by atoms with Crippen LogP contribution in [0.25, 0.3) is 6.08 Å². The molecule has 1 heterocycles. The molecular formula is C26H39N3O3S. The smallest absolute Gasteiger partial charge is 0.260 e. The summed E-state index contributed by atoms with van der Waals surface area (Å²) in [6.07, 6.45) is 6.80. The lowest BCUT2D eigenvalue weighted by atomic mass is 9.83. The molecule has 6 nitrogen and oxygen atoms in total. The molecule has 7 heteroatoms. The normalized spacial score (nSPS) is 24.2. The van der Waals surface area contributed by atoms with Crippen LogP contribution in [0.15, 0.2) is 29.2 Å². The van der Waals surface area contributed by atoms with Crippen molar-refractivity contribution in [1.82, 2.24) is 15.1 Å². The van der Waals surface area contributed by atoms with Crippen LogP contribution in [0.2, 0.25) is 0 Å². The molecule has 2 aliphatic rings. The van der Waals surface area contributed by atoms with Crippen molar-refractivity contribution in [1.29, 1.82) is 0 Å². The summed E-state index contributed by atoms with van der Waals surface area (Å²) < 4.78 is 5.22. The van der Waals surface area contributed by atoms with Crippen LogP contribution in [0.4, 0.5) is 0 Å². The SMILES string of the molecule is CCCN(CCC)CCNC(=O)C1CCC2S/C(=C\c3ccc(OC)cc3)C(=O)N(C)C2C1. The molecule has 0 bridgehead atoms. The van der Waals surface area contributed by atoms with Crippen molar-refractivity contribution in [2.45, 2.75) is 57.2 Å². The Morgan fingerprint density at radius 2 is 1.88 bits per heavy atom. The third kappa shape index (κ3) is 6.76. The molecule has 1 saturated heterocycles. The molecule has 1 aliphatic carbocycles. The number of ether oxygens (including phenoxy) is 1. The maximum absolute atomic E-state index is 13.1. The molecule has 1 aromatic carbocycles. The molecule has 182 valence electrons. The van der Waals surface area contributed by atoms with Gasteiger partial charge >= 0.3 is 0 Å². The van der Waals surface area contributed by atoms with Gasteiger partial charge in [0, 0.05) is 37.3 Å². The molecule has 0 aromatic heterocycles. The van der Waals surface area contributed by atoms with Gasteiger partial charge in [0.25, 0.3) is 5.91 Å². The largest absolute Gasteiger partial charge is 0.497 e. The molecule has 0 spiro atoms. The summed E-state index contributed by atoms with van der Waals surface area (Å²) >= 11 is 1.68. The summed E-state index contributed by atoms with van der Waals surface area (Å²) in [5, 5.41) is 3.50. The van der Waals surface area contributed by atoms with Crippen LogP contribution in [0.1, 0.15) is 51.5 Å². The zero-order valence-corrected chi connectivity index (χ0v) is 21.3. The van der Waals surface area contributed by atoms with E-state index in [1.165, 1.54) is 0 Å². The molecule has 3 rings (SSSR count). The highest BCUT2D eigenvalue weighted by atomic mass is 32.2. The van der Waals surface area contributed by atoms with Crippen LogP contribution in [0, 0.1) is 5.92 Å². The van der Waals surface area contributed by atoms with Gasteiger partial charge in [0.05, 0.1) is 12.0 Å². The van der Waals surface area contributed by atoms with Gasteiger partial charge in [-0.3, -0.25) is 9.59 Å². The van der Waals surface area contributed by atoms with E-state index in [1.54, 1.807) is 18.9 Å². The van der Waals surface area contributed by atoms with Crippen molar-refractivity contribution in [3.8, 4) is 5.75 Å². The van der Waals surface area contributed by atoms with Crippen molar-refractivity contribution in [2.24, 2.45) is 5.92 Å². The molecule has 1 aliphatic heterocycles. The number of benzene rings is 1. The first-order valence-corrected chi connectivity index (χ1v) is 13.1. The fraction of sp³-hybridized carbons (Fsp3) is 0.615. The Hall–Kier alpha value is -1.99. The van der Waals surface area contributed by atoms with Gasteiger partial charge in [-0.15, -0.1) is 11.8 Å². The second kappa shape index (κ2) is 12.5. The Kier molecular flexibility index (Phi) is 9.68. The molecule has 1 N–H and O–H groups in total. The van der Waals surface area contributed by atoms with Crippen molar-refractivity contribution >= 4 is 29.7 Å². The van der Waals surface area contributed by atoms with E-state index < -0.39 is 0 Å². The van der Waals surface area contributed by atoms with E-state index in [9.17, 15) is 9.59 Å². The van der Waals surface area contributed by atoms with Crippen LogP contribution in [-0.4, -0.2) is 73.2 Å². The predicted molar refractivity (Wildman–Crippen MR) is 136 cm³/mol. The molecule has 2 amide bonds. The highest BCUT2D eigenvalue weighted by molar-refractivity contribution is 8.04. The van der Waals surface area contributed by atoms with Crippen molar-refractivity contribution in [3.05, 3.63) is 34.7 Å². The monoisotopic (exact) mass is 473 g/mol. The highest BCUT2D eigenvalue weighted by Crippen LogP contribution is 2.43. The fourth-order valence-electron chi connectivity index (χ4n) is 4.84. The molecule has 2 fully saturated rings. The van der Waals surface area contributed by atoms with Crippen molar-refractivity contribution in [2.75, 3.05) is 40.3 Å². The van der Waals surface area contributed by atoms with Crippen molar-refractivity contribution < 1.29 is 14.3 Å². The number of hydrogen-bond acceptors (Lipinski definition) is 5. The lowest BCUT2D eigenvalue weighted by Crippen LogP contribution is -2.52. The highest BCUT2D eigenvalue weighted by Gasteiger charge is 2.42. The zero-order chi connectivity index (χ0) is 23.8. The first-order chi connectivity index (χ1) is 16.0. The Morgan fingerprint density at radius 1 is 1.18 bits per heavy atom. The summed E-state index contributed by atoms with van der Waals surface area (Å²) in [6.45, 7) is 8.14. The van der Waals surface area contributed by atoms with E-state index in [1.807, 2.05) is 42.3 Å². The maximum Gasteiger partial charge on any atom is 0.260 e. The van der Waals surface area contributed by atoms with Crippen LogP contribution >= 0.6 is 11.8 Å². The van der Waals surface area contributed by atoms with Gasteiger partial charge in [0.2, 0.25) is 5.91 Å². The molecule has 33 heavy (non-hydrogen) atoms. The van der Waals surface area contributed by atoms with E-state index >= 15 is 0 Å². The van der Waals surface area contributed by atoms with Gasteiger partial charge in [-0.25, -0.2) is 0 Å². The summed E-state index contributed by atoms with van der Waals surface area (Å²) in [7, 11) is 3.53. The number of thioether (sulfide) groups is 1. The molecule has 3 atom stereocenters.